The predicted molar refractivity (Wildman–Crippen MR) is 90.1 cm³/mol. The van der Waals surface area contributed by atoms with Gasteiger partial charge in [0.2, 0.25) is 0 Å². The van der Waals surface area contributed by atoms with Crippen LogP contribution in [0.4, 0.5) is 13.2 Å². The average Bonchev–Trinajstić information content (AvgIpc) is 2.57. The number of pyridine rings is 1. The molecule has 2 aromatic carbocycles. The van der Waals surface area contributed by atoms with E-state index in [1.165, 1.54) is 22.8 Å². The second-order valence-corrected chi connectivity index (χ2v) is 5.97. The Labute approximate surface area is 143 Å². The van der Waals surface area contributed by atoms with Crippen molar-refractivity contribution in [3.05, 3.63) is 105 Å². The lowest BCUT2D eigenvalue weighted by molar-refractivity contribution is 0.574. The van der Waals surface area contributed by atoms with Gasteiger partial charge in [-0.25, -0.2) is 13.2 Å². The molecule has 0 aliphatic rings. The molecule has 0 bridgehead atoms. The fourth-order valence-electron chi connectivity index (χ4n) is 2.77. The molecule has 1 heterocycles. The highest BCUT2D eigenvalue weighted by atomic mass is 19.1. The van der Waals surface area contributed by atoms with E-state index < -0.39 is 11.6 Å². The van der Waals surface area contributed by atoms with Gasteiger partial charge in [-0.15, -0.1) is 0 Å². The summed E-state index contributed by atoms with van der Waals surface area (Å²) in [4.78, 5) is 12.3. The van der Waals surface area contributed by atoms with Crippen molar-refractivity contribution in [3.63, 3.8) is 0 Å². The number of nitrogens with zero attached hydrogens (tertiary/aromatic N) is 1. The van der Waals surface area contributed by atoms with Gasteiger partial charge in [-0.05, 0) is 36.2 Å². The van der Waals surface area contributed by atoms with Crippen LogP contribution in [0.1, 0.15) is 22.3 Å². The third kappa shape index (κ3) is 3.82. The highest BCUT2D eigenvalue weighted by molar-refractivity contribution is 5.29. The van der Waals surface area contributed by atoms with Gasteiger partial charge in [-0.2, -0.15) is 0 Å². The molecule has 0 aliphatic carbocycles. The molecule has 3 aromatic rings. The molecular formula is C20H16F3NO. The van der Waals surface area contributed by atoms with Crippen LogP contribution in [0.25, 0.3) is 0 Å². The molecule has 0 fully saturated rings. The Kier molecular flexibility index (Phi) is 4.74. The normalized spacial score (nSPS) is 10.9. The maximum Gasteiger partial charge on any atom is 0.253 e. The van der Waals surface area contributed by atoms with Crippen LogP contribution in [0.15, 0.2) is 59.5 Å². The zero-order valence-corrected chi connectivity index (χ0v) is 13.6. The van der Waals surface area contributed by atoms with E-state index in [0.717, 1.165) is 6.07 Å². The minimum Gasteiger partial charge on any atom is -0.310 e. The number of hydrogen-bond donors (Lipinski definition) is 0. The summed E-state index contributed by atoms with van der Waals surface area (Å²) in [7, 11) is 0. The summed E-state index contributed by atoms with van der Waals surface area (Å²) in [5, 5.41) is 0. The van der Waals surface area contributed by atoms with Gasteiger partial charge in [0.25, 0.3) is 5.56 Å². The third-order valence-corrected chi connectivity index (χ3v) is 4.03. The first-order valence-corrected chi connectivity index (χ1v) is 7.81. The monoisotopic (exact) mass is 343 g/mol. The summed E-state index contributed by atoms with van der Waals surface area (Å²) in [6, 6.07) is 11.3. The molecule has 1 aromatic heterocycles. The molecule has 128 valence electrons. The van der Waals surface area contributed by atoms with Gasteiger partial charge in [0, 0.05) is 29.8 Å². The Morgan fingerprint density at radius 2 is 1.68 bits per heavy atom. The summed E-state index contributed by atoms with van der Waals surface area (Å²) in [5.41, 5.74) is 1.67. The minimum absolute atomic E-state index is 0.0894. The zero-order chi connectivity index (χ0) is 18.0. The van der Waals surface area contributed by atoms with Crippen molar-refractivity contribution >= 4 is 0 Å². The molecule has 25 heavy (non-hydrogen) atoms. The number of halogens is 3. The molecule has 0 aliphatic heterocycles. The van der Waals surface area contributed by atoms with E-state index in [9.17, 15) is 18.0 Å². The smallest absolute Gasteiger partial charge is 0.253 e. The van der Waals surface area contributed by atoms with Crippen LogP contribution in [0.2, 0.25) is 0 Å². The zero-order valence-electron chi connectivity index (χ0n) is 13.6. The molecule has 0 saturated heterocycles. The summed E-state index contributed by atoms with van der Waals surface area (Å²) in [5.74, 6) is -1.66. The largest absolute Gasteiger partial charge is 0.310 e. The molecule has 0 radical (unpaired) electrons. The fourth-order valence-corrected chi connectivity index (χ4v) is 2.77. The van der Waals surface area contributed by atoms with Gasteiger partial charge in [0.05, 0.1) is 6.54 Å². The van der Waals surface area contributed by atoms with Crippen molar-refractivity contribution in [3.8, 4) is 0 Å². The van der Waals surface area contributed by atoms with E-state index in [2.05, 4.69) is 0 Å². The lowest BCUT2D eigenvalue weighted by Gasteiger charge is -2.11. The molecule has 0 amide bonds. The second-order valence-electron chi connectivity index (χ2n) is 5.97. The molecule has 0 unspecified atom stereocenters. The van der Waals surface area contributed by atoms with Gasteiger partial charge < -0.3 is 4.57 Å². The second kappa shape index (κ2) is 6.97. The standard InChI is InChI=1S/C20H16F3NO/c1-13-8-14(9-15-6-7-17(21)10-19(15)23)11-24(20(13)25)12-16-4-2-3-5-18(16)22/h2-8,10-11H,9,12H2,1H3. The van der Waals surface area contributed by atoms with Crippen LogP contribution in [-0.2, 0) is 13.0 Å². The summed E-state index contributed by atoms with van der Waals surface area (Å²) < 4.78 is 42.1. The molecule has 3 rings (SSSR count). The van der Waals surface area contributed by atoms with Crippen molar-refractivity contribution in [1.29, 1.82) is 0 Å². The topological polar surface area (TPSA) is 22.0 Å². The number of rotatable bonds is 4. The Morgan fingerprint density at radius 3 is 2.40 bits per heavy atom. The number of benzene rings is 2. The van der Waals surface area contributed by atoms with E-state index in [4.69, 9.17) is 0 Å². The molecular weight excluding hydrogens is 327 g/mol. The van der Waals surface area contributed by atoms with Gasteiger partial charge in [0.15, 0.2) is 0 Å². The summed E-state index contributed by atoms with van der Waals surface area (Å²) in [6.45, 7) is 1.75. The van der Waals surface area contributed by atoms with Crippen LogP contribution < -0.4 is 5.56 Å². The lowest BCUT2D eigenvalue weighted by Crippen LogP contribution is -2.23. The van der Waals surface area contributed by atoms with Crippen molar-refractivity contribution in [2.24, 2.45) is 0 Å². The van der Waals surface area contributed by atoms with Gasteiger partial charge in [-0.3, -0.25) is 4.79 Å². The first-order chi connectivity index (χ1) is 11.9. The summed E-state index contributed by atoms with van der Waals surface area (Å²) in [6.07, 6.45) is 1.80. The van der Waals surface area contributed by atoms with Crippen molar-refractivity contribution in [2.75, 3.05) is 0 Å². The Balaban J connectivity index is 1.95. The number of aromatic nitrogens is 1. The molecule has 0 N–H and O–H groups in total. The van der Waals surface area contributed by atoms with Crippen LogP contribution in [0.5, 0.6) is 0 Å². The highest BCUT2D eigenvalue weighted by Crippen LogP contribution is 2.15. The Morgan fingerprint density at radius 1 is 0.920 bits per heavy atom. The fraction of sp³-hybridized carbons (Fsp3) is 0.150. The van der Waals surface area contributed by atoms with Crippen molar-refractivity contribution in [2.45, 2.75) is 19.9 Å². The molecule has 0 saturated carbocycles. The third-order valence-electron chi connectivity index (χ3n) is 4.03. The van der Waals surface area contributed by atoms with E-state index in [1.54, 1.807) is 37.4 Å². The highest BCUT2D eigenvalue weighted by Gasteiger charge is 2.10. The molecule has 2 nitrogen and oxygen atoms in total. The van der Waals surface area contributed by atoms with Gasteiger partial charge in [-0.1, -0.05) is 24.3 Å². The van der Waals surface area contributed by atoms with Crippen molar-refractivity contribution < 1.29 is 13.2 Å². The average molecular weight is 343 g/mol. The number of hydrogen-bond acceptors (Lipinski definition) is 1. The van der Waals surface area contributed by atoms with Crippen LogP contribution in [-0.4, -0.2) is 4.57 Å². The first kappa shape index (κ1) is 17.0. The molecule has 0 spiro atoms. The lowest BCUT2D eigenvalue weighted by atomic mass is 10.0. The molecule has 0 atom stereocenters. The number of aryl methyl sites for hydroxylation is 1. The van der Waals surface area contributed by atoms with Crippen LogP contribution in [0.3, 0.4) is 0 Å². The maximum absolute atomic E-state index is 13.9. The van der Waals surface area contributed by atoms with Crippen LogP contribution in [0, 0.1) is 24.4 Å². The maximum atomic E-state index is 13.9. The SMILES string of the molecule is Cc1cc(Cc2ccc(F)cc2F)cn(Cc2ccccc2F)c1=O. The van der Waals surface area contributed by atoms with E-state index >= 15 is 0 Å². The predicted octanol–water partition coefficient (Wildman–Crippen LogP) is 4.21. The van der Waals surface area contributed by atoms with Gasteiger partial charge >= 0.3 is 0 Å². The van der Waals surface area contributed by atoms with Crippen molar-refractivity contribution in [1.82, 2.24) is 4.57 Å². The first-order valence-electron chi connectivity index (χ1n) is 7.81. The van der Waals surface area contributed by atoms with E-state index in [-0.39, 0.29) is 24.3 Å². The minimum atomic E-state index is -0.637. The Hall–Kier alpha value is -2.82. The van der Waals surface area contributed by atoms with Crippen LogP contribution >= 0.6 is 0 Å². The van der Waals surface area contributed by atoms with Gasteiger partial charge in [0.1, 0.15) is 17.5 Å². The summed E-state index contributed by atoms with van der Waals surface area (Å²) >= 11 is 0. The molecule has 5 heteroatoms. The Bertz CT molecular complexity index is 979. The van der Waals surface area contributed by atoms with E-state index in [1.807, 2.05) is 0 Å². The quantitative estimate of drug-likeness (QED) is 0.695. The van der Waals surface area contributed by atoms with E-state index in [0.29, 0.717) is 22.3 Å².